The molecular weight excluding hydrogens is 696 g/mol. The minimum Gasteiger partial charge on any atom is -0.465 e. The third kappa shape index (κ3) is 10.4. The molecule has 0 radical (unpaired) electrons. The van der Waals surface area contributed by atoms with Crippen molar-refractivity contribution in [2.75, 3.05) is 14.2 Å². The van der Waals surface area contributed by atoms with Crippen molar-refractivity contribution in [2.45, 2.75) is 77.9 Å². The number of hydrogen-bond donors (Lipinski definition) is 8. The molecular formula is C38H50N8O8. The number of hydrogen-bond acceptors (Lipinski definition) is 10. The molecule has 0 fully saturated rings. The molecule has 0 aliphatic carbocycles. The number of nitrogens with one attached hydrogen (secondary N) is 6. The van der Waals surface area contributed by atoms with Crippen LogP contribution < -0.4 is 21.3 Å². The van der Waals surface area contributed by atoms with Crippen LogP contribution in [0.2, 0.25) is 0 Å². The number of imide groups is 2. The fourth-order valence-electron chi connectivity index (χ4n) is 6.02. The van der Waals surface area contributed by atoms with E-state index in [9.17, 15) is 19.2 Å². The van der Waals surface area contributed by atoms with E-state index in [1.807, 2.05) is 86.9 Å². The number of benzene rings is 2. The summed E-state index contributed by atoms with van der Waals surface area (Å²) in [7, 11) is 2.91. The number of imidazole rings is 2. The third-order valence-corrected chi connectivity index (χ3v) is 9.26. The van der Waals surface area contributed by atoms with Gasteiger partial charge in [0, 0.05) is 14.2 Å². The normalized spacial score (nSPS) is 14.9. The number of aromatic nitrogens is 4. The zero-order valence-corrected chi connectivity index (χ0v) is 31.6. The molecule has 16 heteroatoms. The van der Waals surface area contributed by atoms with Crippen LogP contribution in [0.5, 0.6) is 0 Å². The van der Waals surface area contributed by atoms with Crippen LogP contribution in [-0.4, -0.2) is 92.7 Å². The zero-order chi connectivity index (χ0) is 39.7. The van der Waals surface area contributed by atoms with Crippen LogP contribution >= 0.6 is 0 Å². The first kappa shape index (κ1) is 41.3. The number of H-pyrrole nitrogens is 2. The van der Waals surface area contributed by atoms with Gasteiger partial charge in [-0.3, -0.25) is 30.9 Å². The summed E-state index contributed by atoms with van der Waals surface area (Å²) in [4.78, 5) is 63.5. The Labute approximate surface area is 313 Å². The molecule has 4 aromatic rings. The fraction of sp³-hybridized carbons (Fsp3) is 0.421. The molecule has 290 valence electrons. The largest absolute Gasteiger partial charge is 0.465 e. The number of rotatable bonds is 17. The van der Waals surface area contributed by atoms with E-state index in [0.29, 0.717) is 11.6 Å². The van der Waals surface area contributed by atoms with E-state index in [4.69, 9.17) is 19.7 Å². The van der Waals surface area contributed by atoms with Crippen LogP contribution in [0.3, 0.4) is 0 Å². The number of carbonyl (C=O) groups is 4. The monoisotopic (exact) mass is 746 g/mol. The number of methoxy groups -OCH3 is 2. The smallest absolute Gasteiger partial charge is 0.411 e. The first-order valence-corrected chi connectivity index (χ1v) is 17.6. The number of amides is 4. The molecule has 2 aromatic carbocycles. The first-order valence-electron chi connectivity index (χ1n) is 17.6. The third-order valence-electron chi connectivity index (χ3n) is 9.26. The van der Waals surface area contributed by atoms with Gasteiger partial charge in [0.25, 0.3) is 0 Å². The second-order valence-corrected chi connectivity index (χ2v) is 13.7. The van der Waals surface area contributed by atoms with Gasteiger partial charge in [-0.2, -0.15) is 0 Å². The summed E-state index contributed by atoms with van der Waals surface area (Å²) >= 11 is 0. The van der Waals surface area contributed by atoms with Gasteiger partial charge in [-0.05, 0) is 47.9 Å². The van der Waals surface area contributed by atoms with E-state index in [1.165, 1.54) is 14.2 Å². The van der Waals surface area contributed by atoms with Gasteiger partial charge in [0.1, 0.15) is 23.7 Å². The summed E-state index contributed by atoms with van der Waals surface area (Å²) < 4.78 is 10.7. The highest BCUT2D eigenvalue weighted by molar-refractivity contribution is 5.95. The lowest BCUT2D eigenvalue weighted by molar-refractivity contribution is -0.126. The Kier molecular flexibility index (Phi) is 14.2. The average Bonchev–Trinajstić information content (AvgIpc) is 3.82. The molecule has 6 atom stereocenters. The number of aromatic amines is 2. The lowest BCUT2D eigenvalue weighted by atomic mass is 10.0. The zero-order valence-electron chi connectivity index (χ0n) is 31.6. The van der Waals surface area contributed by atoms with Crippen molar-refractivity contribution >= 4 is 24.0 Å². The molecule has 0 saturated carbocycles. The molecule has 16 nitrogen and oxygen atoms in total. The molecule has 4 amide bonds. The molecule has 4 rings (SSSR count). The van der Waals surface area contributed by atoms with Crippen molar-refractivity contribution in [2.24, 2.45) is 11.8 Å². The Morgan fingerprint density at radius 3 is 1.17 bits per heavy atom. The minimum absolute atomic E-state index is 0.00378. The predicted octanol–water partition coefficient (Wildman–Crippen LogP) is 5.10. The van der Waals surface area contributed by atoms with Gasteiger partial charge in [0.05, 0.1) is 48.1 Å². The first-order chi connectivity index (χ1) is 25.6. The number of ether oxygens (including phenoxy) is 2. The topological polar surface area (TPSA) is 233 Å². The molecule has 0 aliphatic heterocycles. The highest BCUT2D eigenvalue weighted by atomic mass is 16.5. The van der Waals surface area contributed by atoms with Crippen molar-refractivity contribution in [3.63, 3.8) is 0 Å². The van der Waals surface area contributed by atoms with Gasteiger partial charge < -0.3 is 29.7 Å². The highest BCUT2D eigenvalue weighted by Crippen LogP contribution is 2.29. The van der Waals surface area contributed by atoms with Gasteiger partial charge in [-0.25, -0.2) is 19.6 Å². The molecule has 8 N–H and O–H groups in total. The van der Waals surface area contributed by atoms with Gasteiger partial charge >= 0.3 is 12.2 Å². The molecule has 2 aromatic heterocycles. The van der Waals surface area contributed by atoms with Crippen molar-refractivity contribution < 1.29 is 38.9 Å². The lowest BCUT2D eigenvalue weighted by Gasteiger charge is -2.29. The van der Waals surface area contributed by atoms with Gasteiger partial charge in [0.2, 0.25) is 11.8 Å². The van der Waals surface area contributed by atoms with Crippen LogP contribution in [0.25, 0.3) is 33.6 Å². The van der Waals surface area contributed by atoms with E-state index in [1.54, 1.807) is 26.2 Å². The molecule has 0 bridgehead atoms. The van der Waals surface area contributed by atoms with Crippen molar-refractivity contribution in [3.05, 3.63) is 72.6 Å². The Morgan fingerprint density at radius 2 is 0.889 bits per heavy atom. The second kappa shape index (κ2) is 18.6. The van der Waals surface area contributed by atoms with Gasteiger partial charge in [-0.15, -0.1) is 0 Å². The Morgan fingerprint density at radius 1 is 0.574 bits per heavy atom. The van der Waals surface area contributed by atoms with Crippen LogP contribution in [0.4, 0.5) is 9.59 Å². The van der Waals surface area contributed by atoms with Crippen LogP contribution in [0.1, 0.15) is 65.3 Å². The molecule has 0 saturated heterocycles. The van der Waals surface area contributed by atoms with Gasteiger partial charge in [-0.1, -0.05) is 76.2 Å². The van der Waals surface area contributed by atoms with E-state index in [-0.39, 0.29) is 11.8 Å². The summed E-state index contributed by atoms with van der Waals surface area (Å²) in [5.74, 6) is -0.238. The number of carboxylic acid groups (broad SMARTS) is 2. The lowest BCUT2D eigenvalue weighted by Crippen LogP contribution is -2.53. The maximum Gasteiger partial charge on any atom is 0.411 e. The highest BCUT2D eigenvalue weighted by Gasteiger charge is 2.33. The molecule has 0 spiro atoms. The van der Waals surface area contributed by atoms with Crippen LogP contribution in [-0.2, 0) is 19.1 Å². The minimum atomic E-state index is -1.44. The van der Waals surface area contributed by atoms with Crippen molar-refractivity contribution in [3.8, 4) is 33.6 Å². The Hall–Kier alpha value is -5.42. The summed E-state index contributed by atoms with van der Waals surface area (Å²) in [6.07, 6.45) is -0.640. The second-order valence-electron chi connectivity index (χ2n) is 13.7. The van der Waals surface area contributed by atoms with E-state index >= 15 is 0 Å². The van der Waals surface area contributed by atoms with Crippen LogP contribution in [0, 0.1) is 11.8 Å². The molecule has 0 aliphatic rings. The predicted molar refractivity (Wildman–Crippen MR) is 201 cm³/mol. The standard InChI is InChI=1S/C38H50N8O8/c1-19(2)29(43-31(21(5)53-7)35(47)45-37(49)50)33-39-17-27(41-33)25-13-9-23(10-14-25)24-11-15-26(16-12-24)28-18-40-34(42-28)30(20(3)4)44-32(22(6)54-8)36(48)46-38(51)52/h9-22,29-32,43-44H,1-8H3,(H,39,41)(H,40,42)(H,45,47)(H,46,48)(H,49,50)(H,51,52)/t21-,22?,29-,30?,31+,32?/m1/s1. The Bertz CT molecular complexity index is 1740. The summed E-state index contributed by atoms with van der Waals surface area (Å²) in [6, 6.07) is 13.3. The average molecular weight is 747 g/mol. The summed E-state index contributed by atoms with van der Waals surface area (Å²) in [5, 5.41) is 28.5. The molecule has 2 heterocycles. The summed E-state index contributed by atoms with van der Waals surface area (Å²) in [5.41, 5.74) is 5.37. The maximum atomic E-state index is 12.7. The quantitative estimate of drug-likeness (QED) is 0.0705. The van der Waals surface area contributed by atoms with Gasteiger partial charge in [0.15, 0.2) is 0 Å². The van der Waals surface area contributed by atoms with E-state index in [0.717, 1.165) is 33.6 Å². The van der Waals surface area contributed by atoms with E-state index < -0.39 is 60.4 Å². The van der Waals surface area contributed by atoms with Crippen molar-refractivity contribution in [1.29, 1.82) is 0 Å². The Balaban J connectivity index is 1.48. The van der Waals surface area contributed by atoms with Crippen LogP contribution in [0.15, 0.2) is 60.9 Å². The van der Waals surface area contributed by atoms with E-state index in [2.05, 4.69) is 30.6 Å². The fourth-order valence-corrected chi connectivity index (χ4v) is 6.02. The maximum absolute atomic E-state index is 12.7. The molecule has 54 heavy (non-hydrogen) atoms. The number of carbonyl (C=O) groups excluding carboxylic acids is 2. The number of nitrogens with zero attached hydrogens (tertiary/aromatic N) is 2. The molecule has 3 unspecified atom stereocenters. The summed E-state index contributed by atoms with van der Waals surface area (Å²) in [6.45, 7) is 11.3. The SMILES string of the molecule is COC(C)C(NC(c1ncc(-c2ccc(-c3ccc(-c4cnc([C@H](N[C@H](C(=O)NC(=O)O)[C@@H](C)OC)C(C)C)[nH]4)cc3)cc2)[nH]1)C(C)C)C(=O)NC(=O)O. The van der Waals surface area contributed by atoms with Crippen molar-refractivity contribution in [1.82, 2.24) is 41.2 Å².